The van der Waals surface area contributed by atoms with Gasteiger partial charge in [0.2, 0.25) is 0 Å². The summed E-state index contributed by atoms with van der Waals surface area (Å²) in [6.45, 7) is 2.43. The summed E-state index contributed by atoms with van der Waals surface area (Å²) in [5, 5.41) is 9.71. The van der Waals surface area contributed by atoms with E-state index in [0.29, 0.717) is 17.3 Å². The van der Waals surface area contributed by atoms with E-state index in [9.17, 15) is 4.79 Å². The van der Waals surface area contributed by atoms with Gasteiger partial charge in [0.15, 0.2) is 5.78 Å². The second-order valence-corrected chi connectivity index (χ2v) is 7.78. The highest BCUT2D eigenvalue weighted by Gasteiger charge is 2.48. The molecule has 0 spiro atoms. The molecule has 0 bridgehead atoms. The molecule has 4 rings (SSSR count). The Morgan fingerprint density at radius 1 is 1.23 bits per heavy atom. The Hall–Kier alpha value is -1.40. The Labute approximate surface area is 158 Å². The van der Waals surface area contributed by atoms with E-state index in [1.807, 2.05) is 12.1 Å². The average molecular weight is 378 g/mol. The van der Waals surface area contributed by atoms with Crippen molar-refractivity contribution in [1.29, 1.82) is 0 Å². The predicted molar refractivity (Wildman–Crippen MR) is 98.5 cm³/mol. The van der Waals surface area contributed by atoms with Crippen molar-refractivity contribution in [3.8, 4) is 0 Å². The van der Waals surface area contributed by atoms with Crippen molar-refractivity contribution in [3.63, 3.8) is 0 Å². The quantitative estimate of drug-likeness (QED) is 0.874. The molecule has 0 amide bonds. The van der Waals surface area contributed by atoms with Gasteiger partial charge >= 0.3 is 0 Å². The zero-order valence-corrected chi connectivity index (χ0v) is 15.4. The van der Waals surface area contributed by atoms with Crippen LogP contribution in [0.2, 0.25) is 5.02 Å². The van der Waals surface area contributed by atoms with Gasteiger partial charge in [-0.15, -0.1) is 0 Å². The molecule has 1 aromatic rings. The summed E-state index contributed by atoms with van der Waals surface area (Å²) < 4.78 is 12.1. The average Bonchev–Trinajstić information content (AvgIpc) is 2.67. The van der Waals surface area contributed by atoms with E-state index in [0.717, 1.165) is 37.9 Å². The number of allylic oxidation sites excluding steroid dienone is 1. The normalized spacial score (nSPS) is 31.6. The van der Waals surface area contributed by atoms with Crippen LogP contribution in [0.5, 0.6) is 0 Å². The summed E-state index contributed by atoms with van der Waals surface area (Å²) in [6, 6.07) is 7.31. The molecule has 1 aliphatic carbocycles. The molecular weight excluding hydrogens is 354 g/mol. The number of aliphatic hydroxyl groups is 1. The summed E-state index contributed by atoms with van der Waals surface area (Å²) >= 11 is 5.95. The Morgan fingerprint density at radius 3 is 2.81 bits per heavy atom. The van der Waals surface area contributed by atoms with Gasteiger partial charge in [0.25, 0.3) is 0 Å². The number of ketones is 1. The maximum Gasteiger partial charge on any atom is 0.173 e. The second kappa shape index (κ2) is 7.69. The minimum atomic E-state index is -0.130. The minimum absolute atomic E-state index is 0.117. The number of benzene rings is 1. The van der Waals surface area contributed by atoms with Crippen LogP contribution < -0.4 is 0 Å². The molecule has 140 valence electrons. The first-order valence-corrected chi connectivity index (χ1v) is 9.66. The van der Waals surface area contributed by atoms with Crippen molar-refractivity contribution in [2.75, 3.05) is 26.4 Å². The van der Waals surface area contributed by atoms with Gasteiger partial charge in [0.1, 0.15) is 6.10 Å². The van der Waals surface area contributed by atoms with Crippen molar-refractivity contribution in [3.05, 3.63) is 41.1 Å². The lowest BCUT2D eigenvalue weighted by molar-refractivity contribution is -0.170. The van der Waals surface area contributed by atoms with Gasteiger partial charge in [-0.2, -0.15) is 0 Å². The Balaban J connectivity index is 1.52. The monoisotopic (exact) mass is 377 g/mol. The van der Waals surface area contributed by atoms with Crippen LogP contribution in [0.4, 0.5) is 0 Å². The van der Waals surface area contributed by atoms with E-state index < -0.39 is 0 Å². The summed E-state index contributed by atoms with van der Waals surface area (Å²) in [6.07, 6.45) is 4.07. The van der Waals surface area contributed by atoms with Crippen LogP contribution in [0.25, 0.3) is 5.57 Å². The summed E-state index contributed by atoms with van der Waals surface area (Å²) in [5.41, 5.74) is 1.49. The van der Waals surface area contributed by atoms with Crippen LogP contribution >= 0.6 is 11.6 Å². The Kier molecular flexibility index (Phi) is 5.32. The van der Waals surface area contributed by atoms with Crippen molar-refractivity contribution in [2.24, 2.45) is 11.8 Å². The number of hydrogen-bond acceptors (Lipinski definition) is 5. The molecule has 1 N–H and O–H groups in total. The second-order valence-electron chi connectivity index (χ2n) is 7.34. The third-order valence-corrected chi connectivity index (χ3v) is 5.98. The van der Waals surface area contributed by atoms with Crippen molar-refractivity contribution in [2.45, 2.75) is 31.5 Å². The largest absolute Gasteiger partial charge is 0.496 e. The van der Waals surface area contributed by atoms with Crippen LogP contribution in [-0.4, -0.2) is 54.4 Å². The number of hydrogen-bond donors (Lipinski definition) is 1. The standard InChI is InChI=1S/C20H24ClNO4/c21-14-4-2-13(3-5-14)17-11-25-20-15(19(17)24)6-7-18-16(20)10-22(12-26-18)8-1-9-23/h2-5,11,15-16,18,20,23H,1,6-10,12H2. The highest BCUT2D eigenvalue weighted by atomic mass is 35.5. The van der Waals surface area contributed by atoms with Crippen molar-refractivity contribution in [1.82, 2.24) is 4.90 Å². The lowest BCUT2D eigenvalue weighted by Crippen LogP contribution is -2.56. The molecule has 1 saturated carbocycles. The fourth-order valence-corrected chi connectivity index (χ4v) is 4.51. The first-order chi connectivity index (χ1) is 12.7. The Bertz CT molecular complexity index is 690. The fraction of sp³-hybridized carbons (Fsp3) is 0.550. The molecule has 2 aliphatic heterocycles. The highest BCUT2D eigenvalue weighted by Crippen LogP contribution is 2.42. The number of carbonyl (C=O) groups excluding carboxylic acids is 1. The van der Waals surface area contributed by atoms with Gasteiger partial charge in [-0.25, -0.2) is 0 Å². The molecule has 0 radical (unpaired) electrons. The fourth-order valence-electron chi connectivity index (χ4n) is 4.38. The van der Waals surface area contributed by atoms with Gasteiger partial charge in [-0.3, -0.25) is 9.69 Å². The van der Waals surface area contributed by atoms with Gasteiger partial charge in [-0.05, 0) is 37.0 Å². The van der Waals surface area contributed by atoms with Crippen molar-refractivity contribution >= 4 is 23.0 Å². The van der Waals surface area contributed by atoms with E-state index in [4.69, 9.17) is 26.2 Å². The van der Waals surface area contributed by atoms with Crippen LogP contribution in [0.1, 0.15) is 24.8 Å². The predicted octanol–water partition coefficient (Wildman–Crippen LogP) is 2.72. The molecule has 4 atom stereocenters. The molecule has 0 aromatic heterocycles. The van der Waals surface area contributed by atoms with Crippen LogP contribution in [0, 0.1) is 11.8 Å². The number of halogens is 1. The molecule has 5 nitrogen and oxygen atoms in total. The number of ether oxygens (including phenoxy) is 2. The number of nitrogens with zero attached hydrogens (tertiary/aromatic N) is 1. The molecule has 3 aliphatic rings. The lowest BCUT2D eigenvalue weighted by atomic mass is 9.71. The van der Waals surface area contributed by atoms with Crippen LogP contribution in [-0.2, 0) is 14.3 Å². The van der Waals surface area contributed by atoms with E-state index >= 15 is 0 Å². The maximum absolute atomic E-state index is 13.1. The third-order valence-electron chi connectivity index (χ3n) is 5.73. The summed E-state index contributed by atoms with van der Waals surface area (Å²) in [7, 11) is 0. The van der Waals surface area contributed by atoms with E-state index in [2.05, 4.69) is 4.90 Å². The summed E-state index contributed by atoms with van der Waals surface area (Å²) in [5.74, 6) is 0.232. The zero-order chi connectivity index (χ0) is 18.1. The highest BCUT2D eigenvalue weighted by molar-refractivity contribution is 6.30. The van der Waals surface area contributed by atoms with E-state index in [-0.39, 0.29) is 36.4 Å². The molecule has 1 aromatic carbocycles. The summed E-state index contributed by atoms with van der Waals surface area (Å²) in [4.78, 5) is 15.3. The molecule has 4 unspecified atom stereocenters. The molecular formula is C20H24ClNO4. The minimum Gasteiger partial charge on any atom is -0.496 e. The zero-order valence-electron chi connectivity index (χ0n) is 14.6. The maximum atomic E-state index is 13.1. The van der Waals surface area contributed by atoms with Gasteiger partial charge in [0, 0.05) is 30.6 Å². The van der Waals surface area contributed by atoms with Crippen LogP contribution in [0.3, 0.4) is 0 Å². The molecule has 1 saturated heterocycles. The SMILES string of the molecule is O=C1C(c2ccc(Cl)cc2)=COC2C1CCC1OCN(CCCO)CC12. The van der Waals surface area contributed by atoms with E-state index in [1.54, 1.807) is 18.4 Å². The number of Topliss-reactive ketones (excluding diaryl/α,β-unsaturated/α-hetero) is 1. The number of fused-ring (bicyclic) bond motifs is 3. The molecule has 6 heteroatoms. The number of rotatable bonds is 4. The molecule has 2 fully saturated rings. The van der Waals surface area contributed by atoms with Gasteiger partial charge in [0.05, 0.1) is 30.6 Å². The van der Waals surface area contributed by atoms with E-state index in [1.165, 1.54) is 0 Å². The van der Waals surface area contributed by atoms with Gasteiger partial charge < -0.3 is 14.6 Å². The van der Waals surface area contributed by atoms with Crippen LogP contribution in [0.15, 0.2) is 30.5 Å². The number of carbonyl (C=O) groups is 1. The van der Waals surface area contributed by atoms with Gasteiger partial charge in [-0.1, -0.05) is 23.7 Å². The first kappa shape index (κ1) is 18.0. The molecule has 26 heavy (non-hydrogen) atoms. The molecule has 2 heterocycles. The number of aliphatic hydroxyl groups excluding tert-OH is 1. The lowest BCUT2D eigenvalue weighted by Gasteiger charge is -2.48. The third kappa shape index (κ3) is 3.41. The first-order valence-electron chi connectivity index (χ1n) is 9.28. The topological polar surface area (TPSA) is 59.0 Å². The van der Waals surface area contributed by atoms with Crippen molar-refractivity contribution < 1.29 is 19.4 Å². The Morgan fingerprint density at radius 2 is 2.04 bits per heavy atom. The smallest absolute Gasteiger partial charge is 0.173 e.